The molecule has 1 aromatic carbocycles. The van der Waals surface area contributed by atoms with E-state index in [2.05, 4.69) is 18.1 Å². The van der Waals surface area contributed by atoms with E-state index >= 15 is 0 Å². The van der Waals surface area contributed by atoms with Gasteiger partial charge in [-0.25, -0.2) is 5.01 Å². The molecule has 0 spiro atoms. The van der Waals surface area contributed by atoms with E-state index < -0.39 is 0 Å². The van der Waals surface area contributed by atoms with Crippen molar-refractivity contribution < 1.29 is 24.1 Å². The SMILES string of the molecule is CCOC/C(=C\C/C=C(\CC)C1=NN(C(=O)c2ccc(OCCCO)cc2)CCC1)OC. The van der Waals surface area contributed by atoms with E-state index in [0.717, 1.165) is 42.7 Å². The van der Waals surface area contributed by atoms with Crippen LogP contribution in [0.5, 0.6) is 5.75 Å². The van der Waals surface area contributed by atoms with Gasteiger partial charge in [0.25, 0.3) is 5.91 Å². The predicted octanol–water partition coefficient (Wildman–Crippen LogP) is 4.33. The number of allylic oxidation sites excluding steroid dienone is 3. The van der Waals surface area contributed by atoms with Crippen molar-refractivity contribution in [2.24, 2.45) is 5.10 Å². The summed E-state index contributed by atoms with van der Waals surface area (Å²) < 4.78 is 16.3. The van der Waals surface area contributed by atoms with E-state index in [4.69, 9.17) is 19.3 Å². The molecule has 176 valence electrons. The van der Waals surface area contributed by atoms with Crippen LogP contribution in [0.3, 0.4) is 0 Å². The third-order valence-electron chi connectivity index (χ3n) is 5.10. The standard InChI is InChI=1S/C25H36N2O5/c1-4-20(9-6-10-23(30-3)19-31-5-2)24-11-7-16-27(26-24)25(29)21-12-14-22(15-13-21)32-18-8-17-28/h9-10,12-15,28H,4-8,11,16-19H2,1-3H3/b20-9+,23-10+. The van der Waals surface area contributed by atoms with Gasteiger partial charge in [0.05, 0.1) is 19.4 Å². The van der Waals surface area contributed by atoms with Gasteiger partial charge in [-0.3, -0.25) is 4.79 Å². The van der Waals surface area contributed by atoms with Crippen molar-refractivity contribution in [3.63, 3.8) is 0 Å². The van der Waals surface area contributed by atoms with Crippen LogP contribution in [0, 0.1) is 0 Å². The van der Waals surface area contributed by atoms with Crippen LogP contribution in [0.15, 0.2) is 52.9 Å². The molecule has 0 radical (unpaired) electrons. The lowest BCUT2D eigenvalue weighted by Crippen LogP contribution is -2.32. The number of methoxy groups -OCH3 is 1. The van der Waals surface area contributed by atoms with Crippen molar-refractivity contribution in [2.45, 2.75) is 46.0 Å². The summed E-state index contributed by atoms with van der Waals surface area (Å²) in [5, 5.41) is 15.1. The first kappa shape index (κ1) is 25.6. The number of benzene rings is 1. The Kier molecular flexibility index (Phi) is 11.6. The van der Waals surface area contributed by atoms with Gasteiger partial charge in [-0.15, -0.1) is 0 Å². The monoisotopic (exact) mass is 444 g/mol. The number of aliphatic hydroxyl groups excluding tert-OH is 1. The van der Waals surface area contributed by atoms with E-state index in [1.54, 1.807) is 36.4 Å². The van der Waals surface area contributed by atoms with Crippen molar-refractivity contribution >= 4 is 11.6 Å². The lowest BCUT2D eigenvalue weighted by atomic mass is 10.0. The average Bonchev–Trinajstić information content (AvgIpc) is 2.84. The van der Waals surface area contributed by atoms with Crippen molar-refractivity contribution in [2.75, 3.05) is 40.1 Å². The Balaban J connectivity index is 2.05. The molecule has 0 aliphatic carbocycles. The van der Waals surface area contributed by atoms with Gasteiger partial charge in [-0.1, -0.05) is 13.0 Å². The van der Waals surface area contributed by atoms with E-state index in [1.807, 2.05) is 13.0 Å². The molecule has 0 saturated carbocycles. The minimum atomic E-state index is -0.113. The second-order valence-corrected chi connectivity index (χ2v) is 7.36. The van der Waals surface area contributed by atoms with Crippen molar-refractivity contribution in [1.82, 2.24) is 5.01 Å². The van der Waals surface area contributed by atoms with Gasteiger partial charge in [0.15, 0.2) is 0 Å². The van der Waals surface area contributed by atoms with Crippen LogP contribution in [0.4, 0.5) is 0 Å². The molecule has 1 heterocycles. The summed E-state index contributed by atoms with van der Waals surface area (Å²) in [5.74, 6) is 1.38. The molecule has 7 nitrogen and oxygen atoms in total. The number of carbonyl (C=O) groups excluding carboxylic acids is 1. The average molecular weight is 445 g/mol. The van der Waals surface area contributed by atoms with Gasteiger partial charge >= 0.3 is 0 Å². The summed E-state index contributed by atoms with van der Waals surface area (Å²) in [7, 11) is 1.65. The van der Waals surface area contributed by atoms with Crippen molar-refractivity contribution in [3.8, 4) is 5.75 Å². The number of ether oxygens (including phenoxy) is 3. The molecule has 0 saturated heterocycles. The van der Waals surface area contributed by atoms with Crippen LogP contribution in [-0.2, 0) is 9.47 Å². The Bertz CT molecular complexity index is 799. The number of amides is 1. The fourth-order valence-corrected chi connectivity index (χ4v) is 3.31. The zero-order chi connectivity index (χ0) is 23.2. The van der Waals surface area contributed by atoms with Gasteiger partial charge in [0.2, 0.25) is 0 Å². The highest BCUT2D eigenvalue weighted by Crippen LogP contribution is 2.20. The fourth-order valence-electron chi connectivity index (χ4n) is 3.31. The van der Waals surface area contributed by atoms with Crippen molar-refractivity contribution in [1.29, 1.82) is 0 Å². The second kappa shape index (κ2) is 14.4. The maximum absolute atomic E-state index is 13.0. The first-order chi connectivity index (χ1) is 15.6. The van der Waals surface area contributed by atoms with Gasteiger partial charge in [-0.05, 0) is 68.5 Å². The van der Waals surface area contributed by atoms with Crippen LogP contribution in [0.1, 0.15) is 56.3 Å². The highest BCUT2D eigenvalue weighted by molar-refractivity contribution is 6.02. The molecular formula is C25H36N2O5. The number of nitrogens with zero attached hydrogens (tertiary/aromatic N) is 2. The summed E-state index contributed by atoms with van der Waals surface area (Å²) >= 11 is 0. The summed E-state index contributed by atoms with van der Waals surface area (Å²) in [6.45, 7) is 6.33. The first-order valence-electron chi connectivity index (χ1n) is 11.4. The number of aliphatic hydroxyl groups is 1. The Morgan fingerprint density at radius 2 is 2.00 bits per heavy atom. The van der Waals surface area contributed by atoms with Crippen molar-refractivity contribution in [3.05, 3.63) is 53.3 Å². The molecule has 0 bridgehead atoms. The quantitative estimate of drug-likeness (QED) is 0.362. The molecule has 1 aliphatic rings. The maximum atomic E-state index is 13.0. The van der Waals surface area contributed by atoms with Crippen LogP contribution in [-0.4, -0.2) is 61.8 Å². The van der Waals surface area contributed by atoms with Crippen LogP contribution in [0.25, 0.3) is 0 Å². The molecule has 1 aromatic rings. The third-order valence-corrected chi connectivity index (χ3v) is 5.10. The smallest absolute Gasteiger partial charge is 0.273 e. The number of rotatable bonds is 13. The highest BCUT2D eigenvalue weighted by Gasteiger charge is 2.21. The number of hydrogen-bond donors (Lipinski definition) is 1. The van der Waals surface area contributed by atoms with E-state index in [9.17, 15) is 4.79 Å². The Morgan fingerprint density at radius 3 is 2.66 bits per heavy atom. The van der Waals surface area contributed by atoms with Gasteiger partial charge < -0.3 is 19.3 Å². The van der Waals surface area contributed by atoms with Crippen LogP contribution in [0.2, 0.25) is 0 Å². The zero-order valence-electron chi connectivity index (χ0n) is 19.5. The number of hydrazone groups is 1. The molecule has 0 atom stereocenters. The molecule has 7 heteroatoms. The molecule has 2 rings (SSSR count). The molecule has 0 unspecified atom stereocenters. The molecule has 0 aromatic heterocycles. The molecule has 1 amide bonds. The fraction of sp³-hybridized carbons (Fsp3) is 0.520. The lowest BCUT2D eigenvalue weighted by Gasteiger charge is -2.24. The molecule has 0 fully saturated rings. The summed E-state index contributed by atoms with van der Waals surface area (Å²) in [5.41, 5.74) is 2.70. The summed E-state index contributed by atoms with van der Waals surface area (Å²) in [6.07, 6.45) is 8.06. The Hall–Kier alpha value is -2.64. The van der Waals surface area contributed by atoms with Gasteiger partial charge in [0, 0.05) is 31.7 Å². The number of carbonyl (C=O) groups is 1. The molecule has 32 heavy (non-hydrogen) atoms. The molecule has 1 N–H and O–H groups in total. The number of hydrogen-bond acceptors (Lipinski definition) is 6. The zero-order valence-corrected chi connectivity index (χ0v) is 19.5. The normalized spacial score (nSPS) is 14.9. The third kappa shape index (κ3) is 8.13. The lowest BCUT2D eigenvalue weighted by molar-refractivity contribution is 0.0751. The van der Waals surface area contributed by atoms with Gasteiger partial charge in [0.1, 0.15) is 18.1 Å². The topological polar surface area (TPSA) is 80.6 Å². The minimum absolute atomic E-state index is 0.0944. The largest absolute Gasteiger partial charge is 0.499 e. The summed E-state index contributed by atoms with van der Waals surface area (Å²) in [4.78, 5) is 13.0. The first-order valence-corrected chi connectivity index (χ1v) is 11.4. The highest BCUT2D eigenvalue weighted by atomic mass is 16.5. The summed E-state index contributed by atoms with van der Waals surface area (Å²) in [6, 6.07) is 7.07. The van der Waals surface area contributed by atoms with Crippen LogP contribution < -0.4 is 4.74 Å². The Morgan fingerprint density at radius 1 is 1.22 bits per heavy atom. The van der Waals surface area contributed by atoms with E-state index in [0.29, 0.717) is 44.1 Å². The predicted molar refractivity (Wildman–Crippen MR) is 126 cm³/mol. The van der Waals surface area contributed by atoms with E-state index in [-0.39, 0.29) is 12.5 Å². The minimum Gasteiger partial charge on any atom is -0.499 e. The van der Waals surface area contributed by atoms with Gasteiger partial charge in [-0.2, -0.15) is 5.10 Å². The maximum Gasteiger partial charge on any atom is 0.273 e. The molecular weight excluding hydrogens is 408 g/mol. The van der Waals surface area contributed by atoms with Crippen LogP contribution >= 0.6 is 0 Å². The Labute approximate surface area is 191 Å². The second-order valence-electron chi connectivity index (χ2n) is 7.36. The molecule has 1 aliphatic heterocycles. The van der Waals surface area contributed by atoms with E-state index in [1.165, 1.54) is 0 Å².